The number of nitrogens with one attached hydrogen (secondary N) is 2. The van der Waals surface area contributed by atoms with Crippen LogP contribution >= 0.6 is 0 Å². The molecule has 0 aliphatic carbocycles. The third-order valence-corrected chi connectivity index (χ3v) is 4.01. The summed E-state index contributed by atoms with van der Waals surface area (Å²) in [6.45, 7) is 7.06. The molecule has 2 atom stereocenters. The minimum Gasteiger partial charge on any atom is -0.315 e. The van der Waals surface area contributed by atoms with Crippen molar-refractivity contribution >= 4 is 0 Å². The Morgan fingerprint density at radius 2 is 1.25 bits per heavy atom. The molecule has 0 aromatic carbocycles. The van der Waals surface area contributed by atoms with E-state index in [1.165, 1.54) is 39.0 Å². The van der Waals surface area contributed by atoms with Gasteiger partial charge < -0.3 is 20.4 Å². The highest BCUT2D eigenvalue weighted by Crippen LogP contribution is 2.12. The summed E-state index contributed by atoms with van der Waals surface area (Å²) in [6.07, 6.45) is 2.55. The summed E-state index contributed by atoms with van der Waals surface area (Å²) < 4.78 is 0. The van der Waals surface area contributed by atoms with Crippen molar-refractivity contribution in [3.63, 3.8) is 0 Å². The molecule has 0 bridgehead atoms. The molecule has 0 radical (unpaired) electrons. The number of hydrogen-bond acceptors (Lipinski definition) is 4. The third-order valence-electron chi connectivity index (χ3n) is 4.01. The van der Waals surface area contributed by atoms with Gasteiger partial charge in [0.25, 0.3) is 0 Å². The first-order chi connectivity index (χ1) is 7.79. The lowest BCUT2D eigenvalue weighted by Gasteiger charge is -2.37. The Morgan fingerprint density at radius 1 is 0.812 bits per heavy atom. The van der Waals surface area contributed by atoms with Crippen molar-refractivity contribution in [2.75, 3.05) is 53.4 Å². The van der Waals surface area contributed by atoms with E-state index in [0.29, 0.717) is 12.1 Å². The van der Waals surface area contributed by atoms with Crippen LogP contribution in [-0.4, -0.2) is 75.2 Å². The zero-order valence-electron chi connectivity index (χ0n) is 10.7. The molecule has 0 spiro atoms. The average molecular weight is 226 g/mol. The van der Waals surface area contributed by atoms with Gasteiger partial charge in [0, 0.05) is 25.2 Å². The fraction of sp³-hybridized carbons (Fsp3) is 1.00. The highest BCUT2D eigenvalue weighted by molar-refractivity contribution is 4.90. The van der Waals surface area contributed by atoms with Crippen LogP contribution in [0, 0.1) is 0 Å². The van der Waals surface area contributed by atoms with Gasteiger partial charge in [0.05, 0.1) is 0 Å². The number of rotatable bonds is 1. The molecule has 2 aliphatic heterocycles. The summed E-state index contributed by atoms with van der Waals surface area (Å²) in [7, 11) is 4.55. The van der Waals surface area contributed by atoms with Crippen LogP contribution in [0.5, 0.6) is 0 Å². The van der Waals surface area contributed by atoms with Gasteiger partial charge in [-0.25, -0.2) is 0 Å². The van der Waals surface area contributed by atoms with Gasteiger partial charge in [-0.05, 0) is 53.1 Å². The van der Waals surface area contributed by atoms with Gasteiger partial charge in [-0.3, -0.25) is 0 Å². The second-order valence-corrected chi connectivity index (χ2v) is 5.21. The molecule has 0 saturated carbocycles. The lowest BCUT2D eigenvalue weighted by molar-refractivity contribution is 0.127. The van der Waals surface area contributed by atoms with Crippen LogP contribution in [0.1, 0.15) is 12.8 Å². The van der Waals surface area contributed by atoms with Crippen LogP contribution < -0.4 is 10.6 Å². The van der Waals surface area contributed by atoms with Gasteiger partial charge in [-0.2, -0.15) is 0 Å². The van der Waals surface area contributed by atoms with Crippen molar-refractivity contribution in [3.05, 3.63) is 0 Å². The molecule has 4 nitrogen and oxygen atoms in total. The van der Waals surface area contributed by atoms with Gasteiger partial charge in [0.1, 0.15) is 0 Å². The van der Waals surface area contributed by atoms with E-state index in [4.69, 9.17) is 0 Å². The van der Waals surface area contributed by atoms with Crippen molar-refractivity contribution in [1.82, 2.24) is 20.4 Å². The van der Waals surface area contributed by atoms with Crippen molar-refractivity contribution < 1.29 is 0 Å². The Kier molecular flexibility index (Phi) is 4.58. The highest BCUT2D eigenvalue weighted by Gasteiger charge is 2.29. The third kappa shape index (κ3) is 2.94. The monoisotopic (exact) mass is 226 g/mol. The van der Waals surface area contributed by atoms with Crippen molar-refractivity contribution in [2.24, 2.45) is 0 Å². The van der Waals surface area contributed by atoms with Crippen LogP contribution in [-0.2, 0) is 0 Å². The van der Waals surface area contributed by atoms with Crippen LogP contribution in [0.3, 0.4) is 0 Å². The minimum absolute atomic E-state index is 0.651. The zero-order chi connectivity index (χ0) is 11.4. The Balaban J connectivity index is 2.01. The van der Waals surface area contributed by atoms with E-state index in [0.717, 1.165) is 13.1 Å². The fourth-order valence-corrected chi connectivity index (χ4v) is 2.91. The Bertz CT molecular complexity index is 187. The van der Waals surface area contributed by atoms with Gasteiger partial charge >= 0.3 is 0 Å². The lowest BCUT2D eigenvalue weighted by Crippen LogP contribution is -2.55. The molecule has 16 heavy (non-hydrogen) atoms. The molecule has 2 rings (SSSR count). The second-order valence-electron chi connectivity index (χ2n) is 5.21. The normalized spacial score (nSPS) is 35.6. The lowest BCUT2D eigenvalue weighted by atomic mass is 10.1. The molecule has 2 heterocycles. The van der Waals surface area contributed by atoms with E-state index in [2.05, 4.69) is 34.5 Å². The van der Waals surface area contributed by atoms with Crippen LogP contribution in [0.15, 0.2) is 0 Å². The largest absolute Gasteiger partial charge is 0.315 e. The number of nitrogens with zero attached hydrogens (tertiary/aromatic N) is 2. The highest BCUT2D eigenvalue weighted by atomic mass is 15.3. The molecule has 2 saturated heterocycles. The molecule has 2 N–H and O–H groups in total. The summed E-state index contributed by atoms with van der Waals surface area (Å²) in [5, 5.41) is 7.14. The van der Waals surface area contributed by atoms with Crippen LogP contribution in [0.25, 0.3) is 0 Å². The van der Waals surface area contributed by atoms with E-state index in [1.807, 2.05) is 0 Å². The molecule has 0 aromatic rings. The van der Waals surface area contributed by atoms with Gasteiger partial charge in [0.15, 0.2) is 0 Å². The standard InChI is InChI=1S/C12H26N4/c1-15-7-3-5-13-9-11(15)12-10-14-6-4-8-16(12)2/h11-14H,3-10H2,1-2H3. The van der Waals surface area contributed by atoms with Gasteiger partial charge in [-0.15, -0.1) is 0 Å². The summed E-state index contributed by atoms with van der Waals surface area (Å²) in [4.78, 5) is 5.07. The Morgan fingerprint density at radius 3 is 1.69 bits per heavy atom. The predicted molar refractivity (Wildman–Crippen MR) is 67.8 cm³/mol. The summed E-state index contributed by atoms with van der Waals surface area (Å²) in [5.41, 5.74) is 0. The van der Waals surface area contributed by atoms with E-state index in [-0.39, 0.29) is 0 Å². The molecule has 2 unspecified atom stereocenters. The van der Waals surface area contributed by atoms with Crippen LogP contribution in [0.4, 0.5) is 0 Å². The molecule has 2 fully saturated rings. The SMILES string of the molecule is CN1CCCNCC1C1CNCCCN1C. The maximum atomic E-state index is 3.57. The first kappa shape index (κ1) is 12.3. The summed E-state index contributed by atoms with van der Waals surface area (Å²) in [5.74, 6) is 0. The molecular formula is C12H26N4. The average Bonchev–Trinajstić information content (AvgIpc) is 2.59. The van der Waals surface area contributed by atoms with E-state index >= 15 is 0 Å². The first-order valence-corrected chi connectivity index (χ1v) is 6.61. The van der Waals surface area contributed by atoms with Crippen LogP contribution in [0.2, 0.25) is 0 Å². The molecule has 0 aromatic heterocycles. The topological polar surface area (TPSA) is 30.5 Å². The molecular weight excluding hydrogens is 200 g/mol. The summed E-state index contributed by atoms with van der Waals surface area (Å²) in [6, 6.07) is 1.30. The van der Waals surface area contributed by atoms with E-state index < -0.39 is 0 Å². The predicted octanol–water partition coefficient (Wildman–Crippen LogP) is -0.426. The maximum Gasteiger partial charge on any atom is 0.0385 e. The smallest absolute Gasteiger partial charge is 0.0385 e. The molecule has 0 amide bonds. The number of hydrogen-bond donors (Lipinski definition) is 2. The van der Waals surface area contributed by atoms with E-state index in [9.17, 15) is 0 Å². The first-order valence-electron chi connectivity index (χ1n) is 6.61. The maximum absolute atomic E-state index is 3.57. The number of likely N-dealkylation sites (N-methyl/N-ethyl adjacent to an activating group) is 2. The van der Waals surface area contributed by atoms with Gasteiger partial charge in [-0.1, -0.05) is 0 Å². The quantitative estimate of drug-likeness (QED) is 0.635. The summed E-state index contributed by atoms with van der Waals surface area (Å²) >= 11 is 0. The molecule has 2 aliphatic rings. The van der Waals surface area contributed by atoms with Crippen molar-refractivity contribution in [3.8, 4) is 0 Å². The zero-order valence-corrected chi connectivity index (χ0v) is 10.7. The second kappa shape index (κ2) is 5.96. The van der Waals surface area contributed by atoms with Crippen molar-refractivity contribution in [2.45, 2.75) is 24.9 Å². The Hall–Kier alpha value is -0.160. The van der Waals surface area contributed by atoms with Crippen molar-refractivity contribution in [1.29, 1.82) is 0 Å². The Labute approximate surface area is 99.4 Å². The molecule has 94 valence electrons. The fourth-order valence-electron chi connectivity index (χ4n) is 2.91. The minimum atomic E-state index is 0.651. The molecule has 4 heteroatoms. The van der Waals surface area contributed by atoms with Gasteiger partial charge in [0.2, 0.25) is 0 Å². The van der Waals surface area contributed by atoms with E-state index in [1.54, 1.807) is 0 Å².